The molecule has 2 aromatic carbocycles. The summed E-state index contributed by atoms with van der Waals surface area (Å²) in [6, 6.07) is 14.3. The number of benzene rings is 2. The van der Waals surface area contributed by atoms with Crippen LogP contribution in [0, 0.1) is 17.0 Å². The molecule has 0 radical (unpaired) electrons. The van der Waals surface area contributed by atoms with Crippen LogP contribution in [0.3, 0.4) is 0 Å². The van der Waals surface area contributed by atoms with E-state index in [1.54, 1.807) is 24.3 Å². The third kappa shape index (κ3) is 4.10. The highest BCUT2D eigenvalue weighted by atomic mass is 79.9. The zero-order valence-corrected chi connectivity index (χ0v) is 14.7. The van der Waals surface area contributed by atoms with Crippen LogP contribution in [0.4, 0.5) is 17.2 Å². The number of aromatic nitrogens is 2. The summed E-state index contributed by atoms with van der Waals surface area (Å²) in [5.41, 5.74) is 1.44. The molecule has 0 spiro atoms. The topological polar surface area (TPSA) is 90.2 Å². The maximum Gasteiger partial charge on any atom is 0.373 e. The van der Waals surface area contributed by atoms with Gasteiger partial charge in [-0.15, -0.1) is 0 Å². The molecular weight excluding hydrogens is 388 g/mol. The number of rotatable bonds is 5. The molecule has 0 unspecified atom stereocenters. The number of nitrogens with one attached hydrogen (secondary N) is 1. The Kier molecular flexibility index (Phi) is 4.90. The molecule has 3 rings (SSSR count). The van der Waals surface area contributed by atoms with Crippen LogP contribution in [0.1, 0.15) is 5.56 Å². The minimum atomic E-state index is -0.565. The Labute approximate surface area is 152 Å². The molecule has 0 aliphatic carbocycles. The molecule has 3 aromatic rings. The minimum Gasteiger partial charge on any atom is -0.434 e. The van der Waals surface area contributed by atoms with Gasteiger partial charge >= 0.3 is 11.6 Å². The molecule has 1 aromatic heterocycles. The average molecular weight is 401 g/mol. The quantitative estimate of drug-likeness (QED) is 0.479. The molecule has 0 fully saturated rings. The van der Waals surface area contributed by atoms with E-state index in [-0.39, 0.29) is 17.4 Å². The van der Waals surface area contributed by atoms with Crippen molar-refractivity contribution < 1.29 is 9.66 Å². The van der Waals surface area contributed by atoms with Gasteiger partial charge in [0.15, 0.2) is 0 Å². The van der Waals surface area contributed by atoms with E-state index in [9.17, 15) is 10.1 Å². The molecule has 0 bridgehead atoms. The van der Waals surface area contributed by atoms with Gasteiger partial charge in [0.25, 0.3) is 0 Å². The fraction of sp³-hybridized carbons (Fsp3) is 0.0588. The molecule has 0 aliphatic heterocycles. The van der Waals surface area contributed by atoms with Gasteiger partial charge in [-0.25, -0.2) is 4.98 Å². The van der Waals surface area contributed by atoms with Crippen LogP contribution in [0.5, 0.6) is 11.6 Å². The van der Waals surface area contributed by atoms with Crippen LogP contribution >= 0.6 is 15.9 Å². The van der Waals surface area contributed by atoms with E-state index in [2.05, 4.69) is 31.2 Å². The number of hydrogen-bond donors (Lipinski definition) is 1. The van der Waals surface area contributed by atoms with E-state index in [0.29, 0.717) is 11.4 Å². The van der Waals surface area contributed by atoms with Crippen LogP contribution in [0.15, 0.2) is 59.3 Å². The first-order valence-electron chi connectivity index (χ1n) is 7.29. The highest BCUT2D eigenvalue weighted by molar-refractivity contribution is 9.10. The third-order valence-corrected chi connectivity index (χ3v) is 3.84. The summed E-state index contributed by atoms with van der Waals surface area (Å²) in [5.74, 6) is 0.374. The maximum atomic E-state index is 11.5. The van der Waals surface area contributed by atoms with Crippen molar-refractivity contribution in [3.63, 3.8) is 0 Å². The molecule has 1 heterocycles. The largest absolute Gasteiger partial charge is 0.434 e. The highest BCUT2D eigenvalue weighted by Crippen LogP contribution is 2.35. The van der Waals surface area contributed by atoms with E-state index in [0.717, 1.165) is 10.0 Å². The number of halogens is 1. The summed E-state index contributed by atoms with van der Waals surface area (Å²) < 4.78 is 6.44. The fourth-order valence-electron chi connectivity index (χ4n) is 2.08. The Morgan fingerprint density at radius 1 is 1.08 bits per heavy atom. The molecule has 8 heteroatoms. The maximum absolute atomic E-state index is 11.5. The second-order valence-corrected chi connectivity index (χ2v) is 6.10. The zero-order chi connectivity index (χ0) is 17.8. The normalized spacial score (nSPS) is 10.3. The van der Waals surface area contributed by atoms with Crippen molar-refractivity contribution in [1.29, 1.82) is 0 Å². The number of aryl methyl sites for hydroxylation is 1. The predicted octanol–water partition coefficient (Wildman–Crippen LogP) is 4.99. The first-order chi connectivity index (χ1) is 12.0. The predicted molar refractivity (Wildman–Crippen MR) is 97.4 cm³/mol. The summed E-state index contributed by atoms with van der Waals surface area (Å²) in [4.78, 5) is 18.9. The Hall–Kier alpha value is -3.00. The first-order valence-corrected chi connectivity index (χ1v) is 8.09. The fourth-order valence-corrected chi connectivity index (χ4v) is 2.35. The van der Waals surface area contributed by atoms with E-state index in [1.165, 1.54) is 6.33 Å². The summed E-state index contributed by atoms with van der Waals surface area (Å²) in [6.45, 7) is 1.96. The van der Waals surface area contributed by atoms with Gasteiger partial charge in [-0.05, 0) is 43.3 Å². The van der Waals surface area contributed by atoms with Crippen molar-refractivity contribution in [2.24, 2.45) is 0 Å². The standard InChI is InChI=1S/C17H13BrN4O3/c1-11-2-6-13(7-3-11)21-16-15(22(23)24)17(20-10-19-16)25-14-8-4-12(18)5-9-14/h2-10H,1H3,(H,19,20,21). The Morgan fingerprint density at radius 2 is 1.76 bits per heavy atom. The van der Waals surface area contributed by atoms with E-state index in [4.69, 9.17) is 4.74 Å². The second-order valence-electron chi connectivity index (χ2n) is 5.18. The van der Waals surface area contributed by atoms with E-state index in [1.807, 2.05) is 31.2 Å². The van der Waals surface area contributed by atoms with Crippen LogP contribution in [0.25, 0.3) is 0 Å². The number of hydrogen-bond acceptors (Lipinski definition) is 6. The van der Waals surface area contributed by atoms with Gasteiger partial charge < -0.3 is 10.1 Å². The van der Waals surface area contributed by atoms with E-state index < -0.39 is 4.92 Å². The van der Waals surface area contributed by atoms with Gasteiger partial charge in [0.05, 0.1) is 4.92 Å². The van der Waals surface area contributed by atoms with Crippen molar-refractivity contribution >= 4 is 33.1 Å². The van der Waals surface area contributed by atoms with Crippen LogP contribution in [0.2, 0.25) is 0 Å². The van der Waals surface area contributed by atoms with Crippen molar-refractivity contribution in [1.82, 2.24) is 9.97 Å². The van der Waals surface area contributed by atoms with Crippen molar-refractivity contribution in [3.05, 3.63) is 75.0 Å². The lowest BCUT2D eigenvalue weighted by atomic mass is 10.2. The second kappa shape index (κ2) is 7.27. The number of nitro groups is 1. The molecule has 0 amide bonds. The summed E-state index contributed by atoms with van der Waals surface area (Å²) in [6.07, 6.45) is 1.22. The lowest BCUT2D eigenvalue weighted by molar-refractivity contribution is -0.385. The molecular formula is C17H13BrN4O3. The molecule has 0 saturated carbocycles. The number of nitrogens with zero attached hydrogens (tertiary/aromatic N) is 3. The lowest BCUT2D eigenvalue weighted by Gasteiger charge is -2.09. The molecule has 0 atom stereocenters. The van der Waals surface area contributed by atoms with Crippen LogP contribution in [-0.2, 0) is 0 Å². The van der Waals surface area contributed by atoms with Crippen molar-refractivity contribution in [2.45, 2.75) is 6.92 Å². The van der Waals surface area contributed by atoms with E-state index >= 15 is 0 Å². The highest BCUT2D eigenvalue weighted by Gasteiger charge is 2.25. The molecule has 126 valence electrons. The van der Waals surface area contributed by atoms with Gasteiger partial charge in [0.1, 0.15) is 12.1 Å². The molecule has 0 aliphatic rings. The smallest absolute Gasteiger partial charge is 0.373 e. The summed E-state index contributed by atoms with van der Waals surface area (Å²) in [7, 11) is 0. The van der Waals surface area contributed by atoms with Crippen molar-refractivity contribution in [2.75, 3.05) is 5.32 Å². The third-order valence-electron chi connectivity index (χ3n) is 3.31. The lowest BCUT2D eigenvalue weighted by Crippen LogP contribution is -2.03. The molecule has 7 nitrogen and oxygen atoms in total. The average Bonchev–Trinajstić information content (AvgIpc) is 2.59. The molecule has 0 saturated heterocycles. The SMILES string of the molecule is Cc1ccc(Nc2ncnc(Oc3ccc(Br)cc3)c2[N+](=O)[O-])cc1. The molecule has 25 heavy (non-hydrogen) atoms. The van der Waals surface area contributed by atoms with Gasteiger partial charge in [-0.1, -0.05) is 33.6 Å². The Bertz CT molecular complexity index is 833. The van der Waals surface area contributed by atoms with Crippen LogP contribution in [-0.4, -0.2) is 14.9 Å². The summed E-state index contributed by atoms with van der Waals surface area (Å²) >= 11 is 3.32. The van der Waals surface area contributed by atoms with Gasteiger partial charge in [0.2, 0.25) is 5.82 Å². The number of ether oxygens (including phenoxy) is 1. The monoisotopic (exact) mass is 400 g/mol. The zero-order valence-electron chi connectivity index (χ0n) is 13.1. The van der Waals surface area contributed by atoms with Gasteiger partial charge in [-0.3, -0.25) is 10.1 Å². The minimum absolute atomic E-state index is 0.0657. The Morgan fingerprint density at radius 3 is 2.40 bits per heavy atom. The molecule has 1 N–H and O–H groups in total. The van der Waals surface area contributed by atoms with Gasteiger partial charge in [-0.2, -0.15) is 4.98 Å². The van der Waals surface area contributed by atoms with Crippen LogP contribution < -0.4 is 10.1 Å². The van der Waals surface area contributed by atoms with Gasteiger partial charge in [0, 0.05) is 10.2 Å². The Balaban J connectivity index is 1.94. The summed E-state index contributed by atoms with van der Waals surface area (Å²) in [5, 5.41) is 14.5. The number of anilines is 2. The first kappa shape index (κ1) is 16.8. The van der Waals surface area contributed by atoms with Crippen molar-refractivity contribution in [3.8, 4) is 11.6 Å².